The van der Waals surface area contributed by atoms with E-state index in [2.05, 4.69) is 15.0 Å². The minimum Gasteiger partial charge on any atom is -0.361 e. The summed E-state index contributed by atoms with van der Waals surface area (Å²) in [6.07, 6.45) is 5.63. The molecule has 0 fully saturated rings. The highest BCUT2D eigenvalue weighted by Gasteiger charge is 2.00. The van der Waals surface area contributed by atoms with Crippen LogP contribution in [0.5, 0.6) is 0 Å². The summed E-state index contributed by atoms with van der Waals surface area (Å²) in [6.45, 7) is 0.358. The third kappa shape index (κ3) is 2.19. The van der Waals surface area contributed by atoms with Crippen LogP contribution in [0.2, 0.25) is 5.02 Å². The molecule has 0 aliphatic carbocycles. The van der Waals surface area contributed by atoms with Gasteiger partial charge in [-0.25, -0.2) is 0 Å². The van der Waals surface area contributed by atoms with Crippen molar-refractivity contribution in [1.82, 2.24) is 4.98 Å². The van der Waals surface area contributed by atoms with Crippen LogP contribution < -0.4 is 0 Å². The first kappa shape index (κ1) is 10.6. The molecule has 0 saturated heterocycles. The number of rotatable bonds is 3. The minimum absolute atomic E-state index is 0.358. The summed E-state index contributed by atoms with van der Waals surface area (Å²) in [5, 5.41) is 5.23. The second kappa shape index (κ2) is 4.75. The van der Waals surface area contributed by atoms with Gasteiger partial charge >= 0.3 is 0 Å². The predicted molar refractivity (Wildman–Crippen MR) is 66.4 cm³/mol. The third-order valence-electron chi connectivity index (χ3n) is 2.22. The average Bonchev–Trinajstić information content (AvgIpc) is 2.67. The lowest BCUT2D eigenvalue weighted by Gasteiger charge is -1.92. The molecule has 1 heterocycles. The van der Waals surface area contributed by atoms with E-state index < -0.39 is 0 Å². The summed E-state index contributed by atoms with van der Waals surface area (Å²) < 4.78 is 0. The molecule has 1 aromatic carbocycles. The number of aromatic nitrogens is 1. The normalized spacial score (nSPS) is 10.8. The van der Waals surface area contributed by atoms with Gasteiger partial charge < -0.3 is 4.98 Å². The molecule has 5 heteroatoms. The van der Waals surface area contributed by atoms with E-state index in [-0.39, 0.29) is 0 Å². The summed E-state index contributed by atoms with van der Waals surface area (Å²) in [6, 6.07) is 5.69. The first-order chi connectivity index (χ1) is 7.81. The van der Waals surface area contributed by atoms with Crippen LogP contribution in [0.15, 0.2) is 35.6 Å². The molecule has 2 aromatic rings. The Kier molecular flexibility index (Phi) is 3.15. The number of benzene rings is 1. The monoisotopic (exact) mass is 232 g/mol. The van der Waals surface area contributed by atoms with Crippen molar-refractivity contribution >= 4 is 28.6 Å². The Labute approximate surface area is 97.2 Å². The van der Waals surface area contributed by atoms with E-state index in [0.29, 0.717) is 11.6 Å². The first-order valence-electron chi connectivity index (χ1n) is 4.75. The lowest BCUT2D eigenvalue weighted by atomic mass is 10.1. The topological polar surface area (TPSA) is 64.6 Å². The molecule has 0 spiro atoms. The molecule has 4 nitrogen and oxygen atoms in total. The van der Waals surface area contributed by atoms with Gasteiger partial charge in [-0.1, -0.05) is 34.9 Å². The highest BCUT2D eigenvalue weighted by molar-refractivity contribution is 6.31. The first-order valence-corrected chi connectivity index (χ1v) is 5.13. The lowest BCUT2D eigenvalue weighted by molar-refractivity contribution is 1.22. The Morgan fingerprint density at radius 2 is 2.38 bits per heavy atom. The van der Waals surface area contributed by atoms with Gasteiger partial charge in [-0.2, -0.15) is 0 Å². The number of fused-ring (bicyclic) bond motifs is 1. The maximum Gasteiger partial charge on any atom is 0.0475 e. The smallest absolute Gasteiger partial charge is 0.0475 e. The number of H-pyrrole nitrogens is 1. The number of hydrogen-bond donors (Lipinski definition) is 1. The summed E-state index contributed by atoms with van der Waals surface area (Å²) in [7, 11) is 0. The van der Waals surface area contributed by atoms with E-state index in [9.17, 15) is 0 Å². The summed E-state index contributed by atoms with van der Waals surface area (Å²) in [5.74, 6) is 0. The molecule has 0 bridgehead atoms. The second-order valence-corrected chi connectivity index (χ2v) is 3.69. The molecule has 0 saturated carbocycles. The Balaban J connectivity index is 2.31. The summed E-state index contributed by atoms with van der Waals surface area (Å²) in [4.78, 5) is 5.81. The number of nitrogens with zero attached hydrogens (tertiary/aromatic N) is 3. The Morgan fingerprint density at radius 1 is 1.50 bits per heavy atom. The van der Waals surface area contributed by atoms with E-state index >= 15 is 0 Å². The zero-order valence-electron chi connectivity index (χ0n) is 8.39. The standard InChI is InChI=1S/C11H9ClN4/c12-9-3-4-10-8(2-1-5-15-16-13)7-14-11(10)6-9/h1-4,6-7,14H,5H2. The van der Waals surface area contributed by atoms with Gasteiger partial charge in [0, 0.05) is 33.6 Å². The minimum atomic E-state index is 0.358. The Hall–Kier alpha value is -1.90. The molecule has 16 heavy (non-hydrogen) atoms. The zero-order chi connectivity index (χ0) is 11.4. The van der Waals surface area contributed by atoms with Crippen LogP contribution in [-0.2, 0) is 0 Å². The summed E-state index contributed by atoms with van der Waals surface area (Å²) in [5.41, 5.74) is 10.2. The number of halogens is 1. The van der Waals surface area contributed by atoms with Crippen molar-refractivity contribution in [2.45, 2.75) is 0 Å². The van der Waals surface area contributed by atoms with Crippen molar-refractivity contribution in [2.24, 2.45) is 5.11 Å². The largest absolute Gasteiger partial charge is 0.361 e. The molecule has 1 aromatic heterocycles. The van der Waals surface area contributed by atoms with Crippen LogP contribution in [0.1, 0.15) is 5.56 Å². The van der Waals surface area contributed by atoms with E-state index in [1.165, 1.54) is 0 Å². The number of hydrogen-bond acceptors (Lipinski definition) is 1. The van der Waals surface area contributed by atoms with Crippen LogP contribution in [0.25, 0.3) is 27.4 Å². The van der Waals surface area contributed by atoms with Gasteiger partial charge in [0.2, 0.25) is 0 Å². The van der Waals surface area contributed by atoms with Crippen LogP contribution in [0, 0.1) is 0 Å². The molecule has 0 aliphatic rings. The van der Waals surface area contributed by atoms with Crippen molar-refractivity contribution in [3.05, 3.63) is 51.5 Å². The van der Waals surface area contributed by atoms with Crippen LogP contribution in [0.4, 0.5) is 0 Å². The van der Waals surface area contributed by atoms with E-state index in [4.69, 9.17) is 17.1 Å². The van der Waals surface area contributed by atoms with Gasteiger partial charge in [-0.05, 0) is 23.2 Å². The van der Waals surface area contributed by atoms with Crippen LogP contribution in [0.3, 0.4) is 0 Å². The average molecular weight is 233 g/mol. The van der Waals surface area contributed by atoms with Gasteiger partial charge in [0.05, 0.1) is 0 Å². The van der Waals surface area contributed by atoms with Crippen LogP contribution in [-0.4, -0.2) is 11.5 Å². The van der Waals surface area contributed by atoms with Crippen molar-refractivity contribution in [2.75, 3.05) is 6.54 Å². The molecule has 0 amide bonds. The summed E-state index contributed by atoms with van der Waals surface area (Å²) >= 11 is 5.88. The Bertz CT molecular complexity index is 579. The van der Waals surface area contributed by atoms with Crippen molar-refractivity contribution in [1.29, 1.82) is 0 Å². The number of azide groups is 1. The SMILES string of the molecule is [N-]=[N+]=NCC=Cc1c[nH]c2cc(Cl)ccc12. The maximum atomic E-state index is 8.13. The number of aromatic amines is 1. The molecule has 0 radical (unpaired) electrons. The van der Waals surface area contributed by atoms with Crippen LogP contribution >= 0.6 is 11.6 Å². The molecule has 0 aliphatic heterocycles. The second-order valence-electron chi connectivity index (χ2n) is 3.25. The molecular formula is C11H9ClN4. The lowest BCUT2D eigenvalue weighted by Crippen LogP contribution is -1.71. The molecule has 80 valence electrons. The fourth-order valence-corrected chi connectivity index (χ4v) is 1.69. The molecule has 1 N–H and O–H groups in total. The van der Waals surface area contributed by atoms with E-state index in [1.807, 2.05) is 36.5 Å². The van der Waals surface area contributed by atoms with Gasteiger partial charge in [0.15, 0.2) is 0 Å². The maximum absolute atomic E-state index is 8.13. The number of nitrogens with one attached hydrogen (secondary N) is 1. The van der Waals surface area contributed by atoms with E-state index in [1.54, 1.807) is 0 Å². The van der Waals surface area contributed by atoms with Crippen molar-refractivity contribution in [3.8, 4) is 0 Å². The fraction of sp³-hybridized carbons (Fsp3) is 0.0909. The van der Waals surface area contributed by atoms with E-state index in [0.717, 1.165) is 16.5 Å². The van der Waals surface area contributed by atoms with Crippen molar-refractivity contribution < 1.29 is 0 Å². The molecular weight excluding hydrogens is 224 g/mol. The van der Waals surface area contributed by atoms with Crippen molar-refractivity contribution in [3.63, 3.8) is 0 Å². The molecule has 2 rings (SSSR count). The highest BCUT2D eigenvalue weighted by atomic mass is 35.5. The van der Waals surface area contributed by atoms with Gasteiger partial charge in [0.1, 0.15) is 0 Å². The highest BCUT2D eigenvalue weighted by Crippen LogP contribution is 2.22. The quantitative estimate of drug-likeness (QED) is 0.470. The predicted octanol–water partition coefficient (Wildman–Crippen LogP) is 4.14. The van der Waals surface area contributed by atoms with Gasteiger partial charge in [0.25, 0.3) is 0 Å². The zero-order valence-corrected chi connectivity index (χ0v) is 9.15. The fourth-order valence-electron chi connectivity index (χ4n) is 1.52. The molecule has 0 atom stereocenters. The third-order valence-corrected chi connectivity index (χ3v) is 2.46. The Morgan fingerprint density at radius 3 is 3.19 bits per heavy atom. The van der Waals surface area contributed by atoms with Gasteiger partial charge in [-0.3, -0.25) is 0 Å². The molecule has 0 unspecified atom stereocenters. The van der Waals surface area contributed by atoms with Gasteiger partial charge in [-0.15, -0.1) is 0 Å².